The predicted octanol–water partition coefficient (Wildman–Crippen LogP) is 1.13. The number of hydrogen-bond donors (Lipinski definition) is 3. The number of aromatic nitrogens is 1. The Morgan fingerprint density at radius 3 is 3.05 bits per heavy atom. The number of nitrogens with two attached hydrogens (primary N) is 1. The fourth-order valence-electron chi connectivity index (χ4n) is 1.87. The van der Waals surface area contributed by atoms with E-state index in [2.05, 4.69) is 10.9 Å². The highest BCUT2D eigenvalue weighted by atomic mass is 16.5. The molecule has 4 N–H and O–H groups in total. The van der Waals surface area contributed by atoms with Crippen molar-refractivity contribution in [2.45, 2.75) is 12.5 Å². The molecule has 2 rings (SSSR count). The lowest BCUT2D eigenvalue weighted by Gasteiger charge is -2.06. The molecule has 1 aromatic carbocycles. The zero-order valence-corrected chi connectivity index (χ0v) is 10.2. The second kappa shape index (κ2) is 5.46. The van der Waals surface area contributed by atoms with Crippen LogP contribution in [0.25, 0.3) is 10.9 Å². The third-order valence-electron chi connectivity index (χ3n) is 2.82. The predicted molar refractivity (Wildman–Crippen MR) is 71.9 cm³/mol. The number of H-pyrrole nitrogens is 1. The summed E-state index contributed by atoms with van der Waals surface area (Å²) in [6.07, 6.45) is 7.16. The number of aliphatic carboxylic acids is 1. The zero-order chi connectivity index (χ0) is 13.8. The molecule has 0 amide bonds. The van der Waals surface area contributed by atoms with Crippen molar-refractivity contribution in [3.05, 3.63) is 30.0 Å². The Labute approximate surface area is 110 Å². The van der Waals surface area contributed by atoms with Gasteiger partial charge in [0.25, 0.3) is 0 Å². The van der Waals surface area contributed by atoms with Crippen molar-refractivity contribution in [1.82, 2.24) is 4.98 Å². The van der Waals surface area contributed by atoms with E-state index < -0.39 is 12.0 Å². The van der Waals surface area contributed by atoms with Crippen molar-refractivity contribution in [2.24, 2.45) is 5.73 Å². The van der Waals surface area contributed by atoms with Gasteiger partial charge in [-0.15, -0.1) is 6.42 Å². The summed E-state index contributed by atoms with van der Waals surface area (Å²) in [5.41, 5.74) is 7.29. The number of carboxylic acids is 1. The second-order valence-electron chi connectivity index (χ2n) is 4.16. The van der Waals surface area contributed by atoms with Crippen LogP contribution >= 0.6 is 0 Å². The molecule has 5 nitrogen and oxygen atoms in total. The molecule has 1 aromatic heterocycles. The maximum atomic E-state index is 10.8. The number of terminal acetylenes is 1. The average molecular weight is 258 g/mol. The lowest BCUT2D eigenvalue weighted by molar-refractivity contribution is -0.138. The first-order valence-electron chi connectivity index (χ1n) is 5.76. The Morgan fingerprint density at radius 1 is 1.58 bits per heavy atom. The monoisotopic (exact) mass is 258 g/mol. The van der Waals surface area contributed by atoms with Gasteiger partial charge in [-0.25, -0.2) is 0 Å². The number of fused-ring (bicyclic) bond motifs is 1. The summed E-state index contributed by atoms with van der Waals surface area (Å²) < 4.78 is 5.34. The van der Waals surface area contributed by atoms with Gasteiger partial charge in [-0.1, -0.05) is 5.92 Å². The third kappa shape index (κ3) is 2.87. The van der Waals surface area contributed by atoms with E-state index in [1.807, 2.05) is 12.1 Å². The minimum atomic E-state index is -1.02. The van der Waals surface area contributed by atoms with Gasteiger partial charge in [0, 0.05) is 23.5 Å². The smallest absolute Gasteiger partial charge is 0.320 e. The number of nitrogens with one attached hydrogen (secondary N) is 1. The summed E-state index contributed by atoms with van der Waals surface area (Å²) in [6, 6.07) is 4.57. The minimum absolute atomic E-state index is 0.194. The van der Waals surface area contributed by atoms with Crippen LogP contribution in [0.4, 0.5) is 0 Å². The Kier molecular flexibility index (Phi) is 3.74. The molecular weight excluding hydrogens is 244 g/mol. The van der Waals surface area contributed by atoms with Gasteiger partial charge < -0.3 is 20.6 Å². The maximum absolute atomic E-state index is 10.8. The van der Waals surface area contributed by atoms with Crippen molar-refractivity contribution in [3.8, 4) is 18.1 Å². The number of benzene rings is 1. The molecule has 0 fully saturated rings. The van der Waals surface area contributed by atoms with Crippen molar-refractivity contribution < 1.29 is 14.6 Å². The quantitative estimate of drug-likeness (QED) is 0.701. The van der Waals surface area contributed by atoms with Crippen molar-refractivity contribution >= 4 is 16.9 Å². The number of hydrogen-bond acceptors (Lipinski definition) is 3. The fourth-order valence-corrected chi connectivity index (χ4v) is 1.87. The molecule has 0 saturated carbocycles. The maximum Gasteiger partial charge on any atom is 0.320 e. The lowest BCUT2D eigenvalue weighted by Crippen LogP contribution is -2.32. The number of carbonyl (C=O) groups is 1. The van der Waals surface area contributed by atoms with Crippen LogP contribution in [0.2, 0.25) is 0 Å². The normalized spacial score (nSPS) is 12.0. The first kappa shape index (κ1) is 13.0. The van der Waals surface area contributed by atoms with Crippen molar-refractivity contribution in [3.63, 3.8) is 0 Å². The average Bonchev–Trinajstić information content (AvgIpc) is 2.79. The zero-order valence-electron chi connectivity index (χ0n) is 10.2. The Morgan fingerprint density at radius 2 is 2.37 bits per heavy atom. The molecule has 2 aromatic rings. The minimum Gasteiger partial charge on any atom is -0.481 e. The van der Waals surface area contributed by atoms with E-state index in [0.717, 1.165) is 16.5 Å². The standard InChI is InChI=1S/C14H14N2O3/c1-2-5-19-10-3-4-13-11(7-10)9(8-16-13)6-12(15)14(17)18/h1,3-4,7-8,12,16H,5-6,15H2,(H,17,18). The molecule has 0 aliphatic rings. The molecule has 1 unspecified atom stereocenters. The van der Waals surface area contributed by atoms with Crippen LogP contribution in [0.1, 0.15) is 5.56 Å². The van der Waals surface area contributed by atoms with E-state index in [0.29, 0.717) is 5.75 Å². The van der Waals surface area contributed by atoms with E-state index in [1.54, 1.807) is 12.3 Å². The van der Waals surface area contributed by atoms with Crippen LogP contribution in [0.3, 0.4) is 0 Å². The summed E-state index contributed by atoms with van der Waals surface area (Å²) in [6.45, 7) is 0.194. The molecule has 1 atom stereocenters. The van der Waals surface area contributed by atoms with Gasteiger partial charge in [0.1, 0.15) is 18.4 Å². The van der Waals surface area contributed by atoms with Crippen LogP contribution < -0.4 is 10.5 Å². The van der Waals surface area contributed by atoms with Crippen LogP contribution in [0, 0.1) is 12.3 Å². The lowest BCUT2D eigenvalue weighted by atomic mass is 10.1. The molecule has 19 heavy (non-hydrogen) atoms. The molecule has 0 spiro atoms. The third-order valence-corrected chi connectivity index (χ3v) is 2.82. The summed E-state index contributed by atoms with van der Waals surface area (Å²) in [5, 5.41) is 9.74. The molecule has 98 valence electrons. The Hall–Kier alpha value is -2.45. The van der Waals surface area contributed by atoms with Crippen molar-refractivity contribution in [2.75, 3.05) is 6.61 Å². The van der Waals surface area contributed by atoms with E-state index in [-0.39, 0.29) is 13.0 Å². The topological polar surface area (TPSA) is 88.3 Å². The molecule has 5 heteroatoms. The van der Waals surface area contributed by atoms with Gasteiger partial charge in [0.15, 0.2) is 0 Å². The summed E-state index contributed by atoms with van der Waals surface area (Å²) in [7, 11) is 0. The molecule has 0 radical (unpaired) electrons. The van der Waals surface area contributed by atoms with E-state index in [4.69, 9.17) is 22.0 Å². The van der Waals surface area contributed by atoms with Crippen LogP contribution in [0.5, 0.6) is 5.75 Å². The fraction of sp³-hybridized carbons (Fsp3) is 0.214. The number of aromatic amines is 1. The number of ether oxygens (including phenoxy) is 1. The summed E-state index contributed by atoms with van der Waals surface area (Å²) in [5.74, 6) is 2.02. The number of rotatable bonds is 5. The molecule has 0 bridgehead atoms. The molecule has 0 aliphatic heterocycles. The summed E-state index contributed by atoms with van der Waals surface area (Å²) in [4.78, 5) is 13.9. The Balaban J connectivity index is 2.29. The highest BCUT2D eigenvalue weighted by Crippen LogP contribution is 2.24. The van der Waals surface area contributed by atoms with E-state index >= 15 is 0 Å². The van der Waals surface area contributed by atoms with Crippen molar-refractivity contribution in [1.29, 1.82) is 0 Å². The summed E-state index contributed by atoms with van der Waals surface area (Å²) >= 11 is 0. The second-order valence-corrected chi connectivity index (χ2v) is 4.16. The van der Waals surface area contributed by atoms with Gasteiger partial charge >= 0.3 is 5.97 Å². The van der Waals surface area contributed by atoms with Crippen LogP contribution in [-0.4, -0.2) is 28.7 Å². The SMILES string of the molecule is C#CCOc1ccc2[nH]cc(CC(N)C(=O)O)c2c1. The van der Waals surface area contributed by atoms with Gasteiger partial charge in [-0.2, -0.15) is 0 Å². The first-order chi connectivity index (χ1) is 9.11. The van der Waals surface area contributed by atoms with Gasteiger partial charge in [0.05, 0.1) is 0 Å². The van der Waals surface area contributed by atoms with E-state index in [1.165, 1.54) is 0 Å². The molecular formula is C14H14N2O3. The van der Waals surface area contributed by atoms with Crippen LogP contribution in [-0.2, 0) is 11.2 Å². The van der Waals surface area contributed by atoms with Gasteiger partial charge in [-0.3, -0.25) is 4.79 Å². The highest BCUT2D eigenvalue weighted by molar-refractivity contribution is 5.85. The molecule has 0 saturated heterocycles. The number of carboxylic acid groups (broad SMARTS) is 1. The molecule has 1 heterocycles. The van der Waals surface area contributed by atoms with Crippen LogP contribution in [0.15, 0.2) is 24.4 Å². The van der Waals surface area contributed by atoms with Gasteiger partial charge in [0.2, 0.25) is 0 Å². The Bertz CT molecular complexity index is 640. The highest BCUT2D eigenvalue weighted by Gasteiger charge is 2.15. The molecule has 0 aliphatic carbocycles. The largest absolute Gasteiger partial charge is 0.481 e. The first-order valence-corrected chi connectivity index (χ1v) is 5.76. The van der Waals surface area contributed by atoms with Gasteiger partial charge in [-0.05, 0) is 23.8 Å². The van der Waals surface area contributed by atoms with E-state index in [9.17, 15) is 4.79 Å².